The van der Waals surface area contributed by atoms with E-state index in [1.165, 1.54) is 11.1 Å². The fourth-order valence-electron chi connectivity index (χ4n) is 2.19. The normalized spacial score (nSPS) is 11.4. The zero-order chi connectivity index (χ0) is 11.9. The Balaban J connectivity index is 2.26. The van der Waals surface area contributed by atoms with Gasteiger partial charge in [-0.1, -0.05) is 60.7 Å². The molecule has 2 rings (SSSR count). The summed E-state index contributed by atoms with van der Waals surface area (Å²) in [6.07, 6.45) is 0. The third-order valence-electron chi connectivity index (χ3n) is 3.05. The summed E-state index contributed by atoms with van der Waals surface area (Å²) in [5.41, 5.74) is 3.31. The van der Waals surface area contributed by atoms with Crippen molar-refractivity contribution in [3.05, 3.63) is 71.8 Å². The average molecular weight is 242 g/mol. The van der Waals surface area contributed by atoms with Crippen molar-refractivity contribution in [2.75, 3.05) is 6.61 Å². The molecule has 0 radical (unpaired) electrons. The Labute approximate surface area is 105 Å². The lowest BCUT2D eigenvalue weighted by atomic mass is 10.0. The van der Waals surface area contributed by atoms with Gasteiger partial charge in [0.2, 0.25) is 0 Å². The predicted molar refractivity (Wildman–Crippen MR) is 75.2 cm³/mol. The number of hydrogen-bond acceptors (Lipinski definition) is 1. The van der Waals surface area contributed by atoms with E-state index in [4.69, 9.17) is 5.11 Å². The van der Waals surface area contributed by atoms with Crippen LogP contribution in [0.25, 0.3) is 0 Å². The molecule has 1 N–H and O–H groups in total. The lowest BCUT2D eigenvalue weighted by Gasteiger charge is -2.17. The predicted octanol–water partition coefficient (Wildman–Crippen LogP) is 2.36. The molecule has 0 heterocycles. The summed E-state index contributed by atoms with van der Waals surface area (Å²) in [5.74, 6) is 0. The molecule has 0 aromatic heterocycles. The van der Waals surface area contributed by atoms with Crippen LogP contribution in [0.4, 0.5) is 0 Å². The smallest absolute Gasteiger partial charge is 0.0402 e. The highest BCUT2D eigenvalue weighted by Crippen LogP contribution is 2.23. The molecule has 88 valence electrons. The third-order valence-corrected chi connectivity index (χ3v) is 5.30. The van der Waals surface area contributed by atoms with Crippen molar-refractivity contribution in [1.82, 2.24) is 0 Å². The Morgan fingerprint density at radius 3 is 1.71 bits per heavy atom. The van der Waals surface area contributed by atoms with Crippen LogP contribution in [0.5, 0.6) is 0 Å². The fraction of sp³-hybridized carbons (Fsp3) is 0.200. The number of aliphatic hydroxyl groups is 1. The lowest BCUT2D eigenvalue weighted by Crippen LogP contribution is -2.10. The summed E-state index contributed by atoms with van der Waals surface area (Å²) in [6.45, 7) is 0.322. The van der Waals surface area contributed by atoms with Crippen molar-refractivity contribution in [2.24, 2.45) is 0 Å². The van der Waals surface area contributed by atoms with Gasteiger partial charge in [-0.25, -0.2) is 0 Å². The van der Waals surface area contributed by atoms with Gasteiger partial charge in [0.1, 0.15) is 0 Å². The van der Waals surface area contributed by atoms with Crippen LogP contribution < -0.4 is 0 Å². The van der Waals surface area contributed by atoms with Crippen LogP contribution in [0.2, 0.25) is 6.04 Å². The van der Waals surface area contributed by atoms with Crippen LogP contribution in [-0.2, 0) is 0 Å². The van der Waals surface area contributed by atoms with Crippen LogP contribution in [0.1, 0.15) is 16.7 Å². The minimum atomic E-state index is -0.321. The van der Waals surface area contributed by atoms with Gasteiger partial charge in [0.15, 0.2) is 0 Å². The highest BCUT2D eigenvalue weighted by atomic mass is 28.2. The van der Waals surface area contributed by atoms with Crippen LogP contribution in [0.15, 0.2) is 60.7 Å². The Hall–Kier alpha value is -1.38. The monoisotopic (exact) mass is 242 g/mol. The molecule has 2 aromatic carbocycles. The molecule has 0 atom stereocenters. The molecule has 0 unspecified atom stereocenters. The van der Waals surface area contributed by atoms with Crippen LogP contribution in [0, 0.1) is 0 Å². The van der Waals surface area contributed by atoms with E-state index in [-0.39, 0.29) is 9.52 Å². The van der Waals surface area contributed by atoms with Crippen molar-refractivity contribution >= 4 is 9.52 Å². The molecule has 0 bridgehead atoms. The first-order chi connectivity index (χ1) is 8.42. The summed E-state index contributed by atoms with van der Waals surface area (Å²) in [6, 6.07) is 22.3. The van der Waals surface area contributed by atoms with Gasteiger partial charge in [-0.15, -0.1) is 0 Å². The summed E-state index contributed by atoms with van der Waals surface area (Å²) in [7, 11) is -0.321. The fourth-order valence-corrected chi connectivity index (χ4v) is 3.99. The Morgan fingerprint density at radius 2 is 1.29 bits per heavy atom. The minimum Gasteiger partial charge on any atom is -0.397 e. The van der Waals surface area contributed by atoms with Crippen LogP contribution in [-0.4, -0.2) is 21.2 Å². The second-order valence-electron chi connectivity index (χ2n) is 4.24. The second kappa shape index (κ2) is 6.38. The topological polar surface area (TPSA) is 20.2 Å². The van der Waals surface area contributed by atoms with E-state index in [9.17, 15) is 0 Å². The Kier molecular flexibility index (Phi) is 4.53. The summed E-state index contributed by atoms with van der Waals surface area (Å²) in [5, 5.41) is 9.04. The van der Waals surface area contributed by atoms with Crippen molar-refractivity contribution in [3.63, 3.8) is 0 Å². The first-order valence-corrected chi connectivity index (χ1v) is 7.94. The van der Waals surface area contributed by atoms with Crippen LogP contribution >= 0.6 is 0 Å². The Morgan fingerprint density at radius 1 is 0.824 bits per heavy atom. The molecule has 0 aliphatic carbocycles. The molecule has 0 saturated carbocycles. The van der Waals surface area contributed by atoms with Gasteiger partial charge in [0.05, 0.1) is 0 Å². The molecule has 17 heavy (non-hydrogen) atoms. The molecule has 2 heteroatoms. The number of benzene rings is 2. The van der Waals surface area contributed by atoms with Gasteiger partial charge in [-0.2, -0.15) is 0 Å². The maximum atomic E-state index is 9.04. The van der Waals surface area contributed by atoms with E-state index in [0.29, 0.717) is 12.1 Å². The van der Waals surface area contributed by atoms with Gasteiger partial charge in [0.25, 0.3) is 0 Å². The molecule has 0 aliphatic rings. The van der Waals surface area contributed by atoms with Crippen molar-refractivity contribution in [3.8, 4) is 0 Å². The average Bonchev–Trinajstić information content (AvgIpc) is 2.42. The standard InChI is InChI=1S/C15H18OSi/c16-11-12-17-15(13-7-3-1-4-8-13)14-9-5-2-6-10-14/h1-10,15-16H,11-12,17H2. The van der Waals surface area contributed by atoms with Crippen molar-refractivity contribution in [2.45, 2.75) is 11.6 Å². The SMILES string of the molecule is OCC[SiH2]C(c1ccccc1)c1ccccc1. The van der Waals surface area contributed by atoms with Gasteiger partial charge >= 0.3 is 0 Å². The highest BCUT2D eigenvalue weighted by molar-refractivity contribution is 6.39. The molecule has 0 spiro atoms. The largest absolute Gasteiger partial charge is 0.397 e. The van der Waals surface area contributed by atoms with Crippen LogP contribution in [0.3, 0.4) is 0 Å². The number of aliphatic hydroxyl groups excluding tert-OH is 1. The van der Waals surface area contributed by atoms with E-state index >= 15 is 0 Å². The molecular formula is C15H18OSi. The highest BCUT2D eigenvalue weighted by Gasteiger charge is 2.13. The molecule has 0 aliphatic heterocycles. The first-order valence-electron chi connectivity index (χ1n) is 6.12. The number of hydrogen-bond donors (Lipinski definition) is 1. The molecule has 0 saturated heterocycles. The van der Waals surface area contributed by atoms with Gasteiger partial charge in [-0.05, 0) is 22.7 Å². The van der Waals surface area contributed by atoms with Crippen molar-refractivity contribution in [1.29, 1.82) is 0 Å². The van der Waals surface area contributed by atoms with Gasteiger partial charge < -0.3 is 5.11 Å². The molecule has 0 amide bonds. The summed E-state index contributed by atoms with van der Waals surface area (Å²) in [4.78, 5) is 0. The van der Waals surface area contributed by atoms with E-state index in [1.807, 2.05) is 0 Å². The van der Waals surface area contributed by atoms with Gasteiger partial charge in [-0.3, -0.25) is 0 Å². The second-order valence-corrected chi connectivity index (χ2v) is 6.34. The quantitative estimate of drug-likeness (QED) is 0.798. The van der Waals surface area contributed by atoms with E-state index in [0.717, 1.165) is 6.04 Å². The third kappa shape index (κ3) is 3.28. The summed E-state index contributed by atoms with van der Waals surface area (Å²) < 4.78 is 0. The minimum absolute atomic E-state index is 0.321. The lowest BCUT2D eigenvalue weighted by molar-refractivity contribution is 0.318. The Bertz CT molecular complexity index is 388. The van der Waals surface area contributed by atoms with E-state index in [1.54, 1.807) is 0 Å². The van der Waals surface area contributed by atoms with E-state index < -0.39 is 0 Å². The molecular weight excluding hydrogens is 224 g/mol. The maximum Gasteiger partial charge on any atom is 0.0402 e. The van der Waals surface area contributed by atoms with E-state index in [2.05, 4.69) is 60.7 Å². The van der Waals surface area contributed by atoms with Crippen molar-refractivity contribution < 1.29 is 5.11 Å². The molecule has 2 aromatic rings. The van der Waals surface area contributed by atoms with Gasteiger partial charge in [0, 0.05) is 16.1 Å². The maximum absolute atomic E-state index is 9.04. The first kappa shape index (κ1) is 12.1. The number of rotatable bonds is 5. The zero-order valence-electron chi connectivity index (χ0n) is 9.92. The molecule has 0 fully saturated rings. The summed E-state index contributed by atoms with van der Waals surface area (Å²) >= 11 is 0. The zero-order valence-corrected chi connectivity index (χ0v) is 11.3. The molecule has 1 nitrogen and oxygen atoms in total.